The van der Waals surface area contributed by atoms with Crippen LogP contribution in [0.15, 0.2) is 36.4 Å². The second-order valence-electron chi connectivity index (χ2n) is 12.4. The van der Waals surface area contributed by atoms with Crippen molar-refractivity contribution in [3.8, 4) is 5.75 Å². The second-order valence-corrected chi connectivity index (χ2v) is 12.4. The maximum absolute atomic E-state index is 14.1. The summed E-state index contributed by atoms with van der Waals surface area (Å²) in [4.78, 5) is 44.7. The molecular formula is C31H37F3N6O6. The normalized spacial score (nSPS) is 16.8. The summed E-state index contributed by atoms with van der Waals surface area (Å²) in [7, 11) is 1.97. The highest BCUT2D eigenvalue weighted by Crippen LogP contribution is 2.36. The quantitative estimate of drug-likeness (QED) is 0.409. The number of anilines is 3. The third-order valence-corrected chi connectivity index (χ3v) is 7.83. The Morgan fingerprint density at radius 1 is 1.02 bits per heavy atom. The van der Waals surface area contributed by atoms with Crippen molar-refractivity contribution in [2.45, 2.75) is 51.4 Å². The van der Waals surface area contributed by atoms with Crippen LogP contribution in [-0.2, 0) is 14.3 Å². The average Bonchev–Trinajstić information content (AvgIpc) is 3.34. The van der Waals surface area contributed by atoms with Gasteiger partial charge in [0.15, 0.2) is 5.82 Å². The van der Waals surface area contributed by atoms with Crippen molar-refractivity contribution in [2.24, 2.45) is 0 Å². The Bertz CT molecular complexity index is 1620. The van der Waals surface area contributed by atoms with Crippen LogP contribution in [0.2, 0.25) is 0 Å². The van der Waals surface area contributed by atoms with Crippen molar-refractivity contribution in [2.75, 3.05) is 61.6 Å². The van der Waals surface area contributed by atoms with E-state index in [4.69, 9.17) is 9.47 Å². The Morgan fingerprint density at radius 3 is 2.33 bits per heavy atom. The van der Waals surface area contributed by atoms with Crippen LogP contribution in [0.3, 0.4) is 0 Å². The third-order valence-electron chi connectivity index (χ3n) is 7.83. The third kappa shape index (κ3) is 7.20. The monoisotopic (exact) mass is 646 g/mol. The molecule has 15 heteroatoms. The molecule has 46 heavy (non-hydrogen) atoms. The number of ether oxygens (including phenoxy) is 2. The lowest BCUT2D eigenvalue weighted by Crippen LogP contribution is -2.50. The molecule has 0 unspecified atom stereocenters. The number of aromatic hydroxyl groups is 1. The Labute approximate surface area is 263 Å². The van der Waals surface area contributed by atoms with Gasteiger partial charge in [0.05, 0.1) is 16.8 Å². The number of alkyl halides is 3. The van der Waals surface area contributed by atoms with Gasteiger partial charge in [-0.25, -0.2) is 4.79 Å². The van der Waals surface area contributed by atoms with E-state index in [0.29, 0.717) is 23.7 Å². The standard InChI is InChI=1S/C31H37F3N6O6/c1-30(2,3)46-29(44)40-24-8-6-21(41)18-23(24)26(36-40)35-27(42)22-7-5-20(38-13-11-37(4)12-14-38)17-25(22)39(28(43)31(32,33)34)19-9-15-45-16-10-19/h5-8,17-19,41H,9-16H2,1-4H3,(H,35,36,42). The van der Waals surface area contributed by atoms with E-state index < -0.39 is 35.7 Å². The number of amides is 2. The first-order valence-corrected chi connectivity index (χ1v) is 14.9. The molecule has 0 spiro atoms. The molecule has 1 aromatic heterocycles. The van der Waals surface area contributed by atoms with Crippen LogP contribution in [0.25, 0.3) is 10.9 Å². The zero-order chi connectivity index (χ0) is 33.4. The first-order valence-electron chi connectivity index (χ1n) is 14.9. The maximum atomic E-state index is 14.1. The lowest BCUT2D eigenvalue weighted by Gasteiger charge is -2.37. The van der Waals surface area contributed by atoms with Gasteiger partial charge in [-0.3, -0.25) is 9.59 Å². The van der Waals surface area contributed by atoms with Crippen molar-refractivity contribution >= 4 is 46.0 Å². The van der Waals surface area contributed by atoms with E-state index >= 15 is 0 Å². The summed E-state index contributed by atoms with van der Waals surface area (Å²) in [6, 6.07) is 7.64. The molecule has 0 bridgehead atoms. The number of fused-ring (bicyclic) bond motifs is 1. The molecule has 248 valence electrons. The smallest absolute Gasteiger partial charge is 0.471 e. The van der Waals surface area contributed by atoms with Gasteiger partial charge in [0.2, 0.25) is 0 Å². The van der Waals surface area contributed by atoms with Crippen LogP contribution >= 0.6 is 0 Å². The number of carbonyl (C=O) groups is 3. The number of benzene rings is 2. The van der Waals surface area contributed by atoms with Gasteiger partial charge in [-0.05, 0) is 77.1 Å². The van der Waals surface area contributed by atoms with E-state index in [1.807, 2.05) is 11.9 Å². The van der Waals surface area contributed by atoms with Gasteiger partial charge in [-0.2, -0.15) is 17.9 Å². The number of rotatable bonds is 5. The Kier molecular flexibility index (Phi) is 9.18. The van der Waals surface area contributed by atoms with E-state index in [-0.39, 0.29) is 59.8 Å². The van der Waals surface area contributed by atoms with Crippen LogP contribution < -0.4 is 15.1 Å². The number of piperazine rings is 1. The van der Waals surface area contributed by atoms with Gasteiger partial charge in [0, 0.05) is 56.5 Å². The summed E-state index contributed by atoms with van der Waals surface area (Å²) in [5.41, 5.74) is -0.501. The van der Waals surface area contributed by atoms with Gasteiger partial charge >= 0.3 is 18.2 Å². The van der Waals surface area contributed by atoms with E-state index in [2.05, 4.69) is 15.3 Å². The van der Waals surface area contributed by atoms with Crippen LogP contribution in [0.4, 0.5) is 35.2 Å². The number of carbonyl (C=O) groups excluding carboxylic acids is 3. The largest absolute Gasteiger partial charge is 0.508 e. The molecule has 0 radical (unpaired) electrons. The zero-order valence-electron chi connectivity index (χ0n) is 26.1. The molecule has 5 rings (SSSR count). The minimum absolute atomic E-state index is 0.143. The van der Waals surface area contributed by atoms with Crippen molar-refractivity contribution in [1.29, 1.82) is 0 Å². The molecule has 2 aromatic carbocycles. The number of phenols is 1. The summed E-state index contributed by atoms with van der Waals surface area (Å²) in [6.45, 7) is 7.98. The minimum Gasteiger partial charge on any atom is -0.508 e. The fraction of sp³-hybridized carbons (Fsp3) is 0.484. The number of nitrogens with one attached hydrogen (secondary N) is 1. The second kappa shape index (κ2) is 12.8. The summed E-state index contributed by atoms with van der Waals surface area (Å²) < 4.78 is 54.0. The van der Waals surface area contributed by atoms with E-state index in [0.717, 1.165) is 17.8 Å². The maximum Gasteiger partial charge on any atom is 0.471 e. The SMILES string of the molecule is CN1CCN(c2ccc(C(=O)Nc3nn(C(=O)OC(C)(C)C)c4ccc(O)cc34)c(N(C(=O)C(F)(F)F)C3CCOCC3)c2)CC1. The molecule has 12 nitrogen and oxygen atoms in total. The predicted molar refractivity (Wildman–Crippen MR) is 165 cm³/mol. The first-order chi connectivity index (χ1) is 21.6. The summed E-state index contributed by atoms with van der Waals surface area (Å²) in [6.07, 6.45) is -5.77. The van der Waals surface area contributed by atoms with Crippen LogP contribution in [-0.4, -0.2) is 102 Å². The summed E-state index contributed by atoms with van der Waals surface area (Å²) >= 11 is 0. The van der Waals surface area contributed by atoms with Crippen molar-refractivity contribution in [3.05, 3.63) is 42.0 Å². The molecule has 2 amide bonds. The van der Waals surface area contributed by atoms with E-state index in [1.165, 1.54) is 30.3 Å². The van der Waals surface area contributed by atoms with Gasteiger partial charge in [-0.1, -0.05) is 0 Å². The number of hydrogen-bond donors (Lipinski definition) is 2. The van der Waals surface area contributed by atoms with Crippen LogP contribution in [0.5, 0.6) is 5.75 Å². The summed E-state index contributed by atoms with van der Waals surface area (Å²) in [5, 5.41) is 17.2. The average molecular weight is 647 g/mol. The molecule has 2 fully saturated rings. The molecule has 0 saturated carbocycles. The van der Waals surface area contributed by atoms with Crippen LogP contribution in [0, 0.1) is 0 Å². The molecule has 3 aromatic rings. The van der Waals surface area contributed by atoms with Gasteiger partial charge in [0.1, 0.15) is 11.4 Å². The van der Waals surface area contributed by atoms with E-state index in [1.54, 1.807) is 26.8 Å². The van der Waals surface area contributed by atoms with Crippen molar-refractivity contribution in [3.63, 3.8) is 0 Å². The molecular weight excluding hydrogens is 609 g/mol. The Balaban J connectivity index is 1.59. The first kappa shape index (κ1) is 33.0. The summed E-state index contributed by atoms with van der Waals surface area (Å²) in [5.74, 6) is -3.28. The highest BCUT2D eigenvalue weighted by Gasteiger charge is 2.46. The highest BCUT2D eigenvalue weighted by molar-refractivity contribution is 6.14. The minimum atomic E-state index is -5.21. The molecule has 2 aliphatic rings. The van der Waals surface area contributed by atoms with Gasteiger partial charge < -0.3 is 34.6 Å². The fourth-order valence-electron chi connectivity index (χ4n) is 5.54. The predicted octanol–water partition coefficient (Wildman–Crippen LogP) is 4.60. The highest BCUT2D eigenvalue weighted by atomic mass is 19.4. The molecule has 3 heterocycles. The molecule has 2 N–H and O–H groups in total. The number of aromatic nitrogens is 2. The lowest BCUT2D eigenvalue weighted by atomic mass is 10.0. The topological polar surface area (TPSA) is 129 Å². The number of phenolic OH excluding ortho intramolecular Hbond substituents is 1. The molecule has 2 aliphatic heterocycles. The lowest BCUT2D eigenvalue weighted by molar-refractivity contribution is -0.171. The number of halogens is 3. The number of hydrogen-bond acceptors (Lipinski definition) is 9. The van der Waals surface area contributed by atoms with Gasteiger partial charge in [0.25, 0.3) is 5.91 Å². The van der Waals surface area contributed by atoms with Gasteiger partial charge in [-0.15, -0.1) is 5.10 Å². The Morgan fingerprint density at radius 2 is 1.70 bits per heavy atom. The van der Waals surface area contributed by atoms with Crippen LogP contribution in [0.1, 0.15) is 44.0 Å². The van der Waals surface area contributed by atoms with Crippen molar-refractivity contribution < 1.29 is 42.1 Å². The van der Waals surface area contributed by atoms with E-state index in [9.17, 15) is 32.7 Å². The number of likely N-dealkylation sites (N-methyl/N-ethyl adjacent to an activating group) is 1. The fourth-order valence-corrected chi connectivity index (χ4v) is 5.54. The molecule has 0 aliphatic carbocycles. The number of nitrogens with zero attached hydrogens (tertiary/aromatic N) is 5. The molecule has 0 atom stereocenters. The van der Waals surface area contributed by atoms with Crippen molar-refractivity contribution in [1.82, 2.24) is 14.7 Å². The Hall–Kier alpha value is -4.37. The molecule has 2 saturated heterocycles. The zero-order valence-corrected chi connectivity index (χ0v) is 26.1.